The Hall–Kier alpha value is -1.06. The SMILES string of the molecule is O=C(O)CCCCCC1CCC(CCCCCC(=O)O)CC1. The molecule has 0 radical (unpaired) electrons. The minimum absolute atomic E-state index is 0.314. The summed E-state index contributed by atoms with van der Waals surface area (Å²) in [6.07, 6.45) is 14.6. The summed E-state index contributed by atoms with van der Waals surface area (Å²) in [4.78, 5) is 20.9. The van der Waals surface area contributed by atoms with Crippen molar-refractivity contribution in [2.45, 2.75) is 89.9 Å². The summed E-state index contributed by atoms with van der Waals surface area (Å²) in [5.41, 5.74) is 0. The highest BCUT2D eigenvalue weighted by atomic mass is 16.4. The maximum Gasteiger partial charge on any atom is 0.303 e. The van der Waals surface area contributed by atoms with Gasteiger partial charge in [-0.05, 0) is 24.7 Å². The van der Waals surface area contributed by atoms with Crippen molar-refractivity contribution in [1.82, 2.24) is 0 Å². The Balaban J connectivity index is 1.94. The van der Waals surface area contributed by atoms with E-state index in [-0.39, 0.29) is 0 Å². The van der Waals surface area contributed by atoms with Crippen LogP contribution in [0.4, 0.5) is 0 Å². The monoisotopic (exact) mass is 312 g/mol. The standard InChI is InChI=1S/C18H32O4/c19-17(20)9-5-1-3-7-15-11-13-16(14-12-15)8-4-2-6-10-18(21)22/h15-16H,1-14H2,(H,19,20)(H,21,22). The molecule has 1 rings (SSSR count). The minimum atomic E-state index is -0.677. The first-order valence-electron chi connectivity index (χ1n) is 9.01. The minimum Gasteiger partial charge on any atom is -0.481 e. The molecule has 0 aromatic carbocycles. The number of unbranched alkanes of at least 4 members (excludes halogenated alkanes) is 4. The molecule has 0 atom stereocenters. The molecule has 1 saturated carbocycles. The van der Waals surface area contributed by atoms with E-state index < -0.39 is 11.9 Å². The first-order chi connectivity index (χ1) is 10.6. The lowest BCUT2D eigenvalue weighted by Crippen LogP contribution is -2.14. The second kappa shape index (κ2) is 11.5. The normalized spacial score (nSPS) is 21.6. The molecule has 0 aliphatic heterocycles. The van der Waals surface area contributed by atoms with Gasteiger partial charge in [-0.3, -0.25) is 9.59 Å². The number of hydrogen-bond donors (Lipinski definition) is 2. The molecule has 0 spiro atoms. The van der Waals surface area contributed by atoms with Crippen LogP contribution in [-0.2, 0) is 9.59 Å². The molecule has 128 valence electrons. The van der Waals surface area contributed by atoms with Gasteiger partial charge in [-0.1, -0.05) is 64.2 Å². The van der Waals surface area contributed by atoms with Crippen LogP contribution >= 0.6 is 0 Å². The van der Waals surface area contributed by atoms with E-state index >= 15 is 0 Å². The van der Waals surface area contributed by atoms with Gasteiger partial charge in [0.15, 0.2) is 0 Å². The van der Waals surface area contributed by atoms with Gasteiger partial charge in [-0.2, -0.15) is 0 Å². The fraction of sp³-hybridized carbons (Fsp3) is 0.889. The Labute approximate surface area is 134 Å². The molecule has 0 heterocycles. The van der Waals surface area contributed by atoms with Crippen LogP contribution in [-0.4, -0.2) is 22.2 Å². The fourth-order valence-electron chi connectivity index (χ4n) is 3.58. The van der Waals surface area contributed by atoms with Gasteiger partial charge in [-0.25, -0.2) is 0 Å². The van der Waals surface area contributed by atoms with E-state index in [9.17, 15) is 9.59 Å². The molecule has 22 heavy (non-hydrogen) atoms. The van der Waals surface area contributed by atoms with Crippen molar-refractivity contribution in [3.63, 3.8) is 0 Å². The molecule has 1 fully saturated rings. The molecule has 4 nitrogen and oxygen atoms in total. The predicted molar refractivity (Wildman–Crippen MR) is 86.9 cm³/mol. The summed E-state index contributed by atoms with van der Waals surface area (Å²) in [5, 5.41) is 17.2. The maximum absolute atomic E-state index is 10.4. The summed E-state index contributed by atoms with van der Waals surface area (Å²) in [6.45, 7) is 0. The van der Waals surface area contributed by atoms with Gasteiger partial charge in [0, 0.05) is 12.8 Å². The van der Waals surface area contributed by atoms with E-state index in [2.05, 4.69) is 0 Å². The van der Waals surface area contributed by atoms with Crippen LogP contribution in [0.25, 0.3) is 0 Å². The predicted octanol–water partition coefficient (Wildman–Crippen LogP) is 4.86. The van der Waals surface area contributed by atoms with Crippen molar-refractivity contribution in [2.24, 2.45) is 11.8 Å². The lowest BCUT2D eigenvalue weighted by molar-refractivity contribution is -0.138. The number of carbonyl (C=O) groups is 2. The largest absolute Gasteiger partial charge is 0.481 e. The number of carboxylic acids is 2. The first-order valence-corrected chi connectivity index (χ1v) is 9.01. The Bertz CT molecular complexity index is 287. The van der Waals surface area contributed by atoms with Crippen molar-refractivity contribution in [3.8, 4) is 0 Å². The number of aliphatic carboxylic acids is 2. The third-order valence-corrected chi connectivity index (χ3v) is 4.97. The smallest absolute Gasteiger partial charge is 0.303 e. The molecule has 4 heteroatoms. The van der Waals surface area contributed by atoms with Crippen molar-refractivity contribution in [2.75, 3.05) is 0 Å². The summed E-state index contributed by atoms with van der Waals surface area (Å²) < 4.78 is 0. The zero-order chi connectivity index (χ0) is 16.2. The van der Waals surface area contributed by atoms with E-state index in [4.69, 9.17) is 10.2 Å². The van der Waals surface area contributed by atoms with Crippen LogP contribution in [0.5, 0.6) is 0 Å². The van der Waals surface area contributed by atoms with E-state index in [1.54, 1.807) is 0 Å². The van der Waals surface area contributed by atoms with Crippen molar-refractivity contribution < 1.29 is 19.8 Å². The van der Waals surface area contributed by atoms with Gasteiger partial charge >= 0.3 is 11.9 Å². The fourth-order valence-corrected chi connectivity index (χ4v) is 3.58. The van der Waals surface area contributed by atoms with Gasteiger partial charge in [-0.15, -0.1) is 0 Å². The first kappa shape index (κ1) is 19.0. The Kier molecular flexibility index (Phi) is 9.93. The van der Waals surface area contributed by atoms with E-state index in [0.717, 1.165) is 37.5 Å². The molecule has 0 amide bonds. The van der Waals surface area contributed by atoms with Gasteiger partial charge in [0.05, 0.1) is 0 Å². The number of carboxylic acid groups (broad SMARTS) is 2. The molecule has 0 aromatic rings. The van der Waals surface area contributed by atoms with Gasteiger partial charge in [0.25, 0.3) is 0 Å². The van der Waals surface area contributed by atoms with Crippen LogP contribution < -0.4 is 0 Å². The van der Waals surface area contributed by atoms with Crippen LogP contribution in [0.1, 0.15) is 89.9 Å². The van der Waals surface area contributed by atoms with Crippen LogP contribution in [0.15, 0.2) is 0 Å². The summed E-state index contributed by atoms with van der Waals surface area (Å²) >= 11 is 0. The number of hydrogen-bond acceptors (Lipinski definition) is 2. The Morgan fingerprint density at radius 3 is 1.32 bits per heavy atom. The summed E-state index contributed by atoms with van der Waals surface area (Å²) in [5.74, 6) is 0.355. The topological polar surface area (TPSA) is 74.6 Å². The highest BCUT2D eigenvalue weighted by Crippen LogP contribution is 2.34. The molecule has 0 aromatic heterocycles. The Morgan fingerprint density at radius 2 is 1.00 bits per heavy atom. The quantitative estimate of drug-likeness (QED) is 0.504. The second-order valence-corrected chi connectivity index (χ2v) is 6.87. The summed E-state index contributed by atoms with van der Waals surface area (Å²) in [7, 11) is 0. The summed E-state index contributed by atoms with van der Waals surface area (Å²) in [6, 6.07) is 0. The second-order valence-electron chi connectivity index (χ2n) is 6.87. The zero-order valence-corrected chi connectivity index (χ0v) is 13.8. The lowest BCUT2D eigenvalue weighted by Gasteiger charge is -2.28. The van der Waals surface area contributed by atoms with Gasteiger partial charge in [0.2, 0.25) is 0 Å². The van der Waals surface area contributed by atoms with Gasteiger partial charge < -0.3 is 10.2 Å². The van der Waals surface area contributed by atoms with Crippen LogP contribution in [0.2, 0.25) is 0 Å². The van der Waals surface area contributed by atoms with Crippen LogP contribution in [0, 0.1) is 11.8 Å². The number of rotatable bonds is 12. The van der Waals surface area contributed by atoms with Crippen molar-refractivity contribution in [3.05, 3.63) is 0 Å². The van der Waals surface area contributed by atoms with E-state index in [1.165, 1.54) is 51.4 Å². The highest BCUT2D eigenvalue weighted by Gasteiger charge is 2.20. The van der Waals surface area contributed by atoms with E-state index in [0.29, 0.717) is 12.8 Å². The molecule has 1 aliphatic rings. The average Bonchev–Trinajstić information content (AvgIpc) is 2.47. The molecule has 0 unspecified atom stereocenters. The Morgan fingerprint density at radius 1 is 0.636 bits per heavy atom. The van der Waals surface area contributed by atoms with Gasteiger partial charge in [0.1, 0.15) is 0 Å². The van der Waals surface area contributed by atoms with Crippen LogP contribution in [0.3, 0.4) is 0 Å². The van der Waals surface area contributed by atoms with Crippen molar-refractivity contribution >= 4 is 11.9 Å². The molecule has 1 aliphatic carbocycles. The van der Waals surface area contributed by atoms with E-state index in [1.807, 2.05) is 0 Å². The zero-order valence-electron chi connectivity index (χ0n) is 13.8. The van der Waals surface area contributed by atoms with Crippen molar-refractivity contribution in [1.29, 1.82) is 0 Å². The molecule has 0 saturated heterocycles. The maximum atomic E-state index is 10.4. The lowest BCUT2D eigenvalue weighted by atomic mass is 9.78. The third-order valence-electron chi connectivity index (χ3n) is 4.97. The third kappa shape index (κ3) is 9.80. The highest BCUT2D eigenvalue weighted by molar-refractivity contribution is 5.66. The molecular formula is C18H32O4. The average molecular weight is 312 g/mol. The molecular weight excluding hydrogens is 280 g/mol. The molecule has 0 bridgehead atoms. The molecule has 2 N–H and O–H groups in total.